The molecule has 1 atom stereocenters. The lowest BCUT2D eigenvalue weighted by molar-refractivity contribution is -0.149. The molecule has 0 saturated heterocycles. The number of ether oxygens (including phenoxy) is 3. The van der Waals surface area contributed by atoms with Gasteiger partial charge in [-0.15, -0.1) is 0 Å². The fourth-order valence-electron chi connectivity index (χ4n) is 3.38. The first kappa shape index (κ1) is 30.0. The molecule has 0 aliphatic rings. The standard InChI is InChI=1S/C27H36F2N2O6/c1-4-36-24(25(32)33)19-21-9-11-22(12-10-21)37-18-15-31(14-17-35-16-13-27(3,28)29)26(34)30-23-8-6-5-7-20(23)2/h5-12,24H,4,13-19H2,1-3H3,(H,30,34)(H,32,33). The molecule has 0 aliphatic heterocycles. The number of rotatable bonds is 16. The number of hydrogen-bond acceptors (Lipinski definition) is 5. The van der Waals surface area contributed by atoms with Crippen molar-refractivity contribution < 1.29 is 37.7 Å². The summed E-state index contributed by atoms with van der Waals surface area (Å²) in [5.41, 5.74) is 2.37. The van der Waals surface area contributed by atoms with Crippen LogP contribution in [0.1, 0.15) is 31.4 Å². The fourth-order valence-corrected chi connectivity index (χ4v) is 3.38. The summed E-state index contributed by atoms with van der Waals surface area (Å²) in [6.45, 7) is 5.39. The van der Waals surface area contributed by atoms with Crippen LogP contribution in [-0.2, 0) is 20.7 Å². The van der Waals surface area contributed by atoms with Crippen molar-refractivity contribution in [1.29, 1.82) is 0 Å². The average molecular weight is 523 g/mol. The average Bonchev–Trinajstić information content (AvgIpc) is 2.84. The Morgan fingerprint density at radius 1 is 1.05 bits per heavy atom. The Morgan fingerprint density at radius 2 is 1.73 bits per heavy atom. The van der Waals surface area contributed by atoms with Gasteiger partial charge in [0.2, 0.25) is 5.92 Å². The molecule has 0 fully saturated rings. The summed E-state index contributed by atoms with van der Waals surface area (Å²) in [6.07, 6.45) is -1.07. The molecule has 2 N–H and O–H groups in total. The van der Waals surface area contributed by atoms with Gasteiger partial charge >= 0.3 is 12.0 Å². The summed E-state index contributed by atoms with van der Waals surface area (Å²) in [4.78, 5) is 25.7. The number of alkyl halides is 2. The van der Waals surface area contributed by atoms with E-state index in [1.165, 1.54) is 4.90 Å². The predicted octanol–water partition coefficient (Wildman–Crippen LogP) is 5.00. The van der Waals surface area contributed by atoms with Gasteiger partial charge in [0.25, 0.3) is 0 Å². The van der Waals surface area contributed by atoms with E-state index in [0.717, 1.165) is 18.1 Å². The number of carboxylic acids is 1. The molecule has 10 heteroatoms. The van der Waals surface area contributed by atoms with Crippen LogP contribution in [0.3, 0.4) is 0 Å². The summed E-state index contributed by atoms with van der Waals surface area (Å²) >= 11 is 0. The summed E-state index contributed by atoms with van der Waals surface area (Å²) in [6, 6.07) is 14.0. The number of benzene rings is 2. The van der Waals surface area contributed by atoms with Crippen LogP contribution in [0.5, 0.6) is 5.75 Å². The van der Waals surface area contributed by atoms with Crippen LogP contribution in [0.25, 0.3) is 0 Å². The lowest BCUT2D eigenvalue weighted by Gasteiger charge is -2.24. The van der Waals surface area contributed by atoms with Gasteiger partial charge in [-0.05, 0) is 50.1 Å². The van der Waals surface area contributed by atoms with E-state index in [9.17, 15) is 23.5 Å². The second-order valence-corrected chi connectivity index (χ2v) is 8.64. The highest BCUT2D eigenvalue weighted by Gasteiger charge is 2.21. The van der Waals surface area contributed by atoms with E-state index in [4.69, 9.17) is 14.2 Å². The normalized spacial score (nSPS) is 12.1. The number of carbonyl (C=O) groups excluding carboxylic acids is 1. The Bertz CT molecular complexity index is 982. The van der Waals surface area contributed by atoms with Crippen molar-refractivity contribution in [3.8, 4) is 5.75 Å². The van der Waals surface area contributed by atoms with Crippen molar-refractivity contribution in [2.75, 3.05) is 44.8 Å². The van der Waals surface area contributed by atoms with Gasteiger partial charge in [-0.2, -0.15) is 0 Å². The largest absolute Gasteiger partial charge is 0.492 e. The number of carbonyl (C=O) groups is 2. The molecule has 204 valence electrons. The second-order valence-electron chi connectivity index (χ2n) is 8.64. The third-order valence-corrected chi connectivity index (χ3v) is 5.48. The van der Waals surface area contributed by atoms with Crippen LogP contribution in [0, 0.1) is 6.92 Å². The highest BCUT2D eigenvalue weighted by atomic mass is 19.3. The molecule has 1 unspecified atom stereocenters. The Labute approximate surface area is 216 Å². The van der Waals surface area contributed by atoms with Gasteiger partial charge in [0.1, 0.15) is 12.4 Å². The zero-order chi connectivity index (χ0) is 27.3. The van der Waals surface area contributed by atoms with Crippen LogP contribution in [0.15, 0.2) is 48.5 Å². The minimum Gasteiger partial charge on any atom is -0.492 e. The number of aryl methyl sites for hydroxylation is 1. The minimum absolute atomic E-state index is 0.106. The van der Waals surface area contributed by atoms with E-state index in [2.05, 4.69) is 5.32 Å². The monoisotopic (exact) mass is 522 g/mol. The zero-order valence-electron chi connectivity index (χ0n) is 21.5. The summed E-state index contributed by atoms with van der Waals surface area (Å²) < 4.78 is 42.3. The predicted molar refractivity (Wildman–Crippen MR) is 137 cm³/mol. The molecule has 2 amide bonds. The molecule has 2 aromatic carbocycles. The van der Waals surface area contributed by atoms with E-state index in [0.29, 0.717) is 18.0 Å². The number of carboxylic acid groups (broad SMARTS) is 1. The molecule has 8 nitrogen and oxygen atoms in total. The first-order valence-corrected chi connectivity index (χ1v) is 12.2. The molecule has 0 heterocycles. The number of hydrogen-bond donors (Lipinski definition) is 2. The molecule has 2 rings (SSSR count). The van der Waals surface area contributed by atoms with E-state index in [1.54, 1.807) is 37.3 Å². The van der Waals surface area contributed by atoms with Gasteiger partial charge in [-0.25, -0.2) is 18.4 Å². The number of amides is 2. The van der Waals surface area contributed by atoms with E-state index in [-0.39, 0.29) is 51.8 Å². The van der Waals surface area contributed by atoms with Crippen molar-refractivity contribution in [3.63, 3.8) is 0 Å². The van der Waals surface area contributed by atoms with Crippen LogP contribution in [0.2, 0.25) is 0 Å². The van der Waals surface area contributed by atoms with Crippen molar-refractivity contribution in [2.24, 2.45) is 0 Å². The highest BCUT2D eigenvalue weighted by Crippen LogP contribution is 2.17. The number of urea groups is 1. The number of anilines is 1. The third kappa shape index (κ3) is 11.6. The molecule has 0 aromatic heterocycles. The van der Waals surface area contributed by atoms with Crippen LogP contribution < -0.4 is 10.1 Å². The first-order valence-electron chi connectivity index (χ1n) is 12.2. The maximum Gasteiger partial charge on any atom is 0.333 e. The number of nitrogens with one attached hydrogen (secondary N) is 1. The topological polar surface area (TPSA) is 97.3 Å². The van der Waals surface area contributed by atoms with Crippen molar-refractivity contribution >= 4 is 17.7 Å². The zero-order valence-corrected chi connectivity index (χ0v) is 21.5. The van der Waals surface area contributed by atoms with Crippen LogP contribution in [-0.4, -0.2) is 73.6 Å². The molecule has 37 heavy (non-hydrogen) atoms. The molecule has 2 aromatic rings. The third-order valence-electron chi connectivity index (χ3n) is 5.48. The van der Waals surface area contributed by atoms with E-state index in [1.807, 2.05) is 25.1 Å². The van der Waals surface area contributed by atoms with Crippen LogP contribution >= 0.6 is 0 Å². The summed E-state index contributed by atoms with van der Waals surface area (Å²) in [7, 11) is 0. The van der Waals surface area contributed by atoms with E-state index >= 15 is 0 Å². The molecule has 0 saturated carbocycles. The SMILES string of the molecule is CCOC(Cc1ccc(OCCN(CCOCCC(C)(F)F)C(=O)Nc2ccccc2C)cc1)C(=O)O. The Balaban J connectivity index is 1.92. The van der Waals surface area contributed by atoms with E-state index < -0.39 is 18.0 Å². The molecule has 0 bridgehead atoms. The van der Waals surface area contributed by atoms with Crippen LogP contribution in [0.4, 0.5) is 19.3 Å². The van der Waals surface area contributed by atoms with Crippen molar-refractivity contribution in [2.45, 2.75) is 45.6 Å². The molecule has 0 aliphatic carbocycles. The highest BCUT2D eigenvalue weighted by molar-refractivity contribution is 5.90. The van der Waals surface area contributed by atoms with Gasteiger partial charge in [0, 0.05) is 31.7 Å². The molecular formula is C27H36F2N2O6. The number of halogens is 2. The smallest absolute Gasteiger partial charge is 0.333 e. The maximum absolute atomic E-state index is 13.0. The lowest BCUT2D eigenvalue weighted by Crippen LogP contribution is -2.40. The quantitative estimate of drug-likeness (QED) is 0.301. The van der Waals surface area contributed by atoms with Gasteiger partial charge in [0.05, 0.1) is 19.8 Å². The summed E-state index contributed by atoms with van der Waals surface area (Å²) in [5, 5.41) is 12.1. The van der Waals surface area contributed by atoms with Gasteiger partial charge in [0.15, 0.2) is 6.10 Å². The molecule has 0 spiro atoms. The Kier molecular flexibility index (Phi) is 12.2. The van der Waals surface area contributed by atoms with Crippen molar-refractivity contribution in [3.05, 3.63) is 59.7 Å². The number of nitrogens with zero attached hydrogens (tertiary/aromatic N) is 1. The van der Waals surface area contributed by atoms with Crippen molar-refractivity contribution in [1.82, 2.24) is 4.90 Å². The number of para-hydroxylation sites is 1. The van der Waals surface area contributed by atoms with Gasteiger partial charge in [-0.3, -0.25) is 0 Å². The minimum atomic E-state index is -2.80. The Morgan fingerprint density at radius 3 is 2.35 bits per heavy atom. The fraction of sp³-hybridized carbons (Fsp3) is 0.481. The van der Waals surface area contributed by atoms with Gasteiger partial charge < -0.3 is 29.5 Å². The van der Waals surface area contributed by atoms with Gasteiger partial charge in [-0.1, -0.05) is 30.3 Å². The summed E-state index contributed by atoms with van der Waals surface area (Å²) in [5.74, 6) is -3.26. The second kappa shape index (κ2) is 15.1. The Hall–Kier alpha value is -3.24. The first-order chi connectivity index (χ1) is 17.6. The molecular weight excluding hydrogens is 486 g/mol. The molecule has 0 radical (unpaired) electrons. The maximum atomic E-state index is 13.0. The lowest BCUT2D eigenvalue weighted by atomic mass is 10.1. The number of aliphatic carboxylic acids is 1.